The van der Waals surface area contributed by atoms with E-state index in [1.165, 1.54) is 27.3 Å². The van der Waals surface area contributed by atoms with Gasteiger partial charge in [0.2, 0.25) is 9.47 Å². The molecule has 0 aliphatic rings. The van der Waals surface area contributed by atoms with E-state index >= 15 is 0 Å². The van der Waals surface area contributed by atoms with Gasteiger partial charge in [-0.25, -0.2) is 8.42 Å². The molecule has 0 aliphatic carbocycles. The molecule has 12 heteroatoms. The molecule has 0 spiro atoms. The van der Waals surface area contributed by atoms with Crippen molar-refractivity contribution in [3.63, 3.8) is 0 Å². The lowest BCUT2D eigenvalue weighted by atomic mass is 10.2. The second-order valence-electron chi connectivity index (χ2n) is 6.29. The van der Waals surface area contributed by atoms with Gasteiger partial charge in [-0.15, -0.1) is 10.2 Å². The first-order valence-electron chi connectivity index (χ1n) is 8.82. The van der Waals surface area contributed by atoms with Gasteiger partial charge in [-0.2, -0.15) is 4.31 Å². The van der Waals surface area contributed by atoms with Gasteiger partial charge in [0, 0.05) is 24.2 Å². The normalized spacial score (nSPS) is 11.4. The lowest BCUT2D eigenvalue weighted by Gasteiger charge is -2.16. The van der Waals surface area contributed by atoms with Crippen LogP contribution in [0.3, 0.4) is 0 Å². The lowest BCUT2D eigenvalue weighted by molar-refractivity contribution is 0.102. The third kappa shape index (κ3) is 5.31. The maximum atomic E-state index is 12.9. The molecule has 9 nitrogen and oxygen atoms in total. The highest BCUT2D eigenvalue weighted by Crippen LogP contribution is 2.29. The van der Waals surface area contributed by atoms with E-state index in [9.17, 15) is 13.2 Å². The Balaban J connectivity index is 1.73. The molecular weight excluding hydrogens is 464 g/mol. The first-order valence-corrected chi connectivity index (χ1v) is 11.5. The molecule has 0 fully saturated rings. The van der Waals surface area contributed by atoms with Gasteiger partial charge in [0.25, 0.3) is 15.9 Å². The summed E-state index contributed by atoms with van der Waals surface area (Å²) >= 11 is 6.65. The van der Waals surface area contributed by atoms with Gasteiger partial charge in [-0.05, 0) is 35.9 Å². The zero-order valence-electron chi connectivity index (χ0n) is 16.8. The van der Waals surface area contributed by atoms with E-state index in [-0.39, 0.29) is 16.0 Å². The van der Waals surface area contributed by atoms with E-state index in [1.54, 1.807) is 36.4 Å². The summed E-state index contributed by atoms with van der Waals surface area (Å²) in [5.41, 5.74) is 1.01. The van der Waals surface area contributed by atoms with E-state index in [2.05, 4.69) is 15.5 Å². The number of carbonyl (C=O) groups excluding carboxylic acids is 1. The largest absolute Gasteiger partial charge is 0.493 e. The molecule has 3 rings (SSSR count). The molecule has 1 heterocycles. The highest BCUT2D eigenvalue weighted by atomic mass is 35.5. The van der Waals surface area contributed by atoms with Crippen LogP contribution in [0.2, 0.25) is 5.02 Å². The number of rotatable bonds is 8. The molecule has 1 N–H and O–H groups in total. The highest BCUT2D eigenvalue weighted by Gasteiger charge is 2.26. The molecule has 31 heavy (non-hydrogen) atoms. The Labute approximate surface area is 188 Å². The molecule has 0 atom stereocenters. The van der Waals surface area contributed by atoms with E-state index in [0.717, 1.165) is 15.6 Å². The SMILES string of the molecule is COc1ccc(CN(C)S(=O)(=O)c2nnc(NC(=O)c3cccc(Cl)c3)s2)cc1OC. The number of sulfonamides is 1. The van der Waals surface area contributed by atoms with Crippen LogP contribution in [-0.4, -0.2) is 50.1 Å². The molecule has 1 amide bonds. The van der Waals surface area contributed by atoms with Crippen LogP contribution in [-0.2, 0) is 16.6 Å². The number of nitrogens with zero attached hydrogens (tertiary/aromatic N) is 3. The minimum atomic E-state index is -3.92. The average molecular weight is 483 g/mol. The fourth-order valence-corrected chi connectivity index (χ4v) is 5.05. The predicted octanol–water partition coefficient (Wildman–Crippen LogP) is 3.28. The minimum absolute atomic E-state index is 0.0584. The minimum Gasteiger partial charge on any atom is -0.493 e. The van der Waals surface area contributed by atoms with E-state index < -0.39 is 15.9 Å². The van der Waals surface area contributed by atoms with Crippen LogP contribution in [0.15, 0.2) is 46.8 Å². The Morgan fingerprint density at radius 1 is 1.13 bits per heavy atom. The first kappa shape index (κ1) is 22.9. The number of methoxy groups -OCH3 is 2. The number of halogens is 1. The molecule has 1 aromatic heterocycles. The second kappa shape index (κ2) is 9.60. The predicted molar refractivity (Wildman–Crippen MR) is 118 cm³/mol. The van der Waals surface area contributed by atoms with Crippen LogP contribution < -0.4 is 14.8 Å². The summed E-state index contributed by atoms with van der Waals surface area (Å²) in [5.74, 6) is 0.565. The zero-order valence-corrected chi connectivity index (χ0v) is 19.2. The van der Waals surface area contributed by atoms with Crippen molar-refractivity contribution >= 4 is 44.0 Å². The van der Waals surface area contributed by atoms with E-state index in [1.807, 2.05) is 0 Å². The van der Waals surface area contributed by atoms with Gasteiger partial charge >= 0.3 is 0 Å². The maximum Gasteiger partial charge on any atom is 0.272 e. The standard InChI is InChI=1S/C19H19ClN4O5S2/c1-24(11-12-7-8-15(28-2)16(9-12)29-3)31(26,27)19-23-22-18(30-19)21-17(25)13-5-4-6-14(20)10-13/h4-10H,11H2,1-3H3,(H,21,22,25). The maximum absolute atomic E-state index is 12.9. The van der Waals surface area contributed by atoms with Crippen LogP contribution >= 0.6 is 22.9 Å². The number of amides is 1. The highest BCUT2D eigenvalue weighted by molar-refractivity contribution is 7.91. The van der Waals surface area contributed by atoms with Crippen molar-refractivity contribution < 1.29 is 22.7 Å². The van der Waals surface area contributed by atoms with Gasteiger partial charge in [0.1, 0.15) is 0 Å². The van der Waals surface area contributed by atoms with E-state index in [0.29, 0.717) is 27.6 Å². The number of hydrogen-bond donors (Lipinski definition) is 1. The average Bonchev–Trinajstić information content (AvgIpc) is 3.22. The molecule has 3 aromatic rings. The van der Waals surface area contributed by atoms with Crippen LogP contribution in [0.5, 0.6) is 11.5 Å². The fraction of sp³-hybridized carbons (Fsp3) is 0.211. The summed E-state index contributed by atoms with van der Waals surface area (Å²) in [5, 5.41) is 10.5. The summed E-state index contributed by atoms with van der Waals surface area (Å²) in [6.45, 7) is 0.0759. The Bertz CT molecular complexity index is 1200. The van der Waals surface area contributed by atoms with Gasteiger partial charge in [-0.3, -0.25) is 10.1 Å². The summed E-state index contributed by atoms with van der Waals surface area (Å²) in [6, 6.07) is 11.5. The number of nitrogens with one attached hydrogen (secondary N) is 1. The quantitative estimate of drug-likeness (QED) is 0.490. The Morgan fingerprint density at radius 3 is 2.55 bits per heavy atom. The molecule has 0 saturated heterocycles. The molecule has 0 aliphatic heterocycles. The van der Waals surface area contributed by atoms with Gasteiger partial charge < -0.3 is 9.47 Å². The molecule has 0 unspecified atom stereocenters. The molecular formula is C19H19ClN4O5S2. The van der Waals surface area contributed by atoms with Gasteiger partial charge in [0.05, 0.1) is 14.2 Å². The van der Waals surface area contributed by atoms with Crippen molar-refractivity contribution in [1.29, 1.82) is 0 Å². The first-order chi connectivity index (χ1) is 14.7. The van der Waals surface area contributed by atoms with Crippen molar-refractivity contribution in [2.75, 3.05) is 26.6 Å². The van der Waals surface area contributed by atoms with Crippen molar-refractivity contribution in [3.8, 4) is 11.5 Å². The Morgan fingerprint density at radius 2 is 1.87 bits per heavy atom. The third-order valence-electron chi connectivity index (χ3n) is 4.20. The van der Waals surface area contributed by atoms with Crippen LogP contribution in [0, 0.1) is 0 Å². The number of benzene rings is 2. The number of anilines is 1. The Hall–Kier alpha value is -2.73. The van der Waals surface area contributed by atoms with Crippen LogP contribution in [0.4, 0.5) is 5.13 Å². The lowest BCUT2D eigenvalue weighted by Crippen LogP contribution is -2.26. The molecule has 164 valence electrons. The third-order valence-corrected chi connectivity index (χ3v) is 7.42. The van der Waals surface area contributed by atoms with Gasteiger partial charge in [0.15, 0.2) is 11.5 Å². The Kier molecular flexibility index (Phi) is 7.11. The summed E-state index contributed by atoms with van der Waals surface area (Å²) in [7, 11) is 0.526. The van der Waals surface area contributed by atoms with Crippen molar-refractivity contribution in [3.05, 3.63) is 58.6 Å². The molecule has 0 bridgehead atoms. The molecule has 0 saturated carbocycles. The number of hydrogen-bond acceptors (Lipinski definition) is 8. The monoisotopic (exact) mass is 482 g/mol. The molecule has 0 radical (unpaired) electrons. The van der Waals surface area contributed by atoms with Crippen molar-refractivity contribution in [2.24, 2.45) is 0 Å². The number of aromatic nitrogens is 2. The zero-order chi connectivity index (χ0) is 22.6. The number of ether oxygens (including phenoxy) is 2. The second-order valence-corrected chi connectivity index (χ2v) is 9.92. The smallest absolute Gasteiger partial charge is 0.272 e. The van der Waals surface area contributed by atoms with Gasteiger partial charge in [-0.1, -0.05) is 35.1 Å². The van der Waals surface area contributed by atoms with Crippen molar-refractivity contribution in [2.45, 2.75) is 10.9 Å². The van der Waals surface area contributed by atoms with Crippen LogP contribution in [0.1, 0.15) is 15.9 Å². The topological polar surface area (TPSA) is 111 Å². The summed E-state index contributed by atoms with van der Waals surface area (Å²) in [4.78, 5) is 12.3. The number of carbonyl (C=O) groups is 1. The fourth-order valence-electron chi connectivity index (χ4n) is 2.62. The summed E-state index contributed by atoms with van der Waals surface area (Å²) < 4.78 is 37.1. The molecule has 2 aromatic carbocycles. The summed E-state index contributed by atoms with van der Waals surface area (Å²) in [6.07, 6.45) is 0. The van der Waals surface area contributed by atoms with E-state index in [4.69, 9.17) is 21.1 Å². The van der Waals surface area contributed by atoms with Crippen LogP contribution in [0.25, 0.3) is 0 Å². The van der Waals surface area contributed by atoms with Crippen molar-refractivity contribution in [1.82, 2.24) is 14.5 Å².